The second-order valence-electron chi connectivity index (χ2n) is 5.57. The quantitative estimate of drug-likeness (QED) is 0.767. The number of nitrogens with zero attached hydrogens (tertiary/aromatic N) is 1. The van der Waals surface area contributed by atoms with Crippen molar-refractivity contribution >= 4 is 23.4 Å². The largest absolute Gasteiger partial charge is 0.443 e. The van der Waals surface area contributed by atoms with Gasteiger partial charge in [-0.15, -0.1) is 11.6 Å². The summed E-state index contributed by atoms with van der Waals surface area (Å²) in [5, 5.41) is 0. The molecule has 0 spiro atoms. The molecular weight excluding hydrogens is 250 g/mol. The summed E-state index contributed by atoms with van der Waals surface area (Å²) < 4.78 is 5.13. The van der Waals surface area contributed by atoms with E-state index in [1.165, 1.54) is 5.56 Å². The van der Waals surface area contributed by atoms with Gasteiger partial charge in [-0.25, -0.2) is 4.79 Å². The first kappa shape index (κ1) is 13.2. The topological polar surface area (TPSA) is 29.5 Å². The number of cyclic esters (lactones) is 1. The summed E-state index contributed by atoms with van der Waals surface area (Å²) in [6, 6.07) is 8.02. The summed E-state index contributed by atoms with van der Waals surface area (Å²) in [6.45, 7) is 7.01. The van der Waals surface area contributed by atoms with Crippen LogP contribution in [0.25, 0.3) is 0 Å². The van der Waals surface area contributed by atoms with Crippen LogP contribution in [-0.4, -0.2) is 24.6 Å². The number of hydrogen-bond acceptors (Lipinski definition) is 2. The van der Waals surface area contributed by atoms with Crippen LogP contribution in [0.2, 0.25) is 0 Å². The zero-order valence-electron chi connectivity index (χ0n) is 10.9. The summed E-state index contributed by atoms with van der Waals surface area (Å²) in [7, 11) is 0. The highest BCUT2D eigenvalue weighted by Crippen LogP contribution is 2.27. The van der Waals surface area contributed by atoms with Crippen LogP contribution in [0.1, 0.15) is 26.3 Å². The fourth-order valence-corrected chi connectivity index (χ4v) is 2.11. The molecule has 0 N–H and O–H groups in total. The second-order valence-corrected chi connectivity index (χ2v) is 5.88. The van der Waals surface area contributed by atoms with Crippen molar-refractivity contribution in [3.8, 4) is 0 Å². The third-order valence-corrected chi connectivity index (χ3v) is 3.44. The van der Waals surface area contributed by atoms with E-state index in [9.17, 15) is 4.79 Å². The van der Waals surface area contributed by atoms with Gasteiger partial charge in [-0.3, -0.25) is 4.90 Å². The van der Waals surface area contributed by atoms with Crippen LogP contribution in [0, 0.1) is 0 Å². The highest BCUT2D eigenvalue weighted by Gasteiger charge is 2.31. The average Bonchev–Trinajstić information content (AvgIpc) is 2.70. The van der Waals surface area contributed by atoms with E-state index in [0.717, 1.165) is 5.69 Å². The minimum atomic E-state index is -0.316. The Morgan fingerprint density at radius 2 is 1.94 bits per heavy atom. The van der Waals surface area contributed by atoms with E-state index < -0.39 is 0 Å². The molecule has 1 amide bonds. The number of amides is 1. The van der Waals surface area contributed by atoms with Crippen LogP contribution in [0.5, 0.6) is 0 Å². The van der Waals surface area contributed by atoms with Crippen molar-refractivity contribution in [2.75, 3.05) is 17.3 Å². The average molecular weight is 268 g/mol. The number of benzene rings is 1. The van der Waals surface area contributed by atoms with Gasteiger partial charge in [0.1, 0.15) is 6.10 Å². The van der Waals surface area contributed by atoms with Gasteiger partial charge < -0.3 is 4.74 Å². The number of hydrogen-bond donors (Lipinski definition) is 0. The lowest BCUT2D eigenvalue weighted by Gasteiger charge is -2.20. The van der Waals surface area contributed by atoms with Crippen molar-refractivity contribution in [2.24, 2.45) is 0 Å². The monoisotopic (exact) mass is 267 g/mol. The number of halogens is 1. The number of carbonyl (C=O) groups excluding carboxylic acids is 1. The second kappa shape index (κ2) is 4.81. The molecule has 1 heterocycles. The molecule has 1 aromatic carbocycles. The molecule has 0 bridgehead atoms. The predicted molar refractivity (Wildman–Crippen MR) is 73.5 cm³/mol. The lowest BCUT2D eigenvalue weighted by molar-refractivity contribution is 0.151. The van der Waals surface area contributed by atoms with Crippen LogP contribution < -0.4 is 4.90 Å². The molecule has 1 aliphatic rings. The highest BCUT2D eigenvalue weighted by atomic mass is 35.5. The van der Waals surface area contributed by atoms with E-state index in [1.54, 1.807) is 4.90 Å². The Balaban J connectivity index is 2.18. The molecule has 2 rings (SSSR count). The van der Waals surface area contributed by atoms with Gasteiger partial charge in [0.05, 0.1) is 12.4 Å². The molecule has 0 saturated carbocycles. The zero-order chi connectivity index (χ0) is 13.3. The van der Waals surface area contributed by atoms with E-state index in [4.69, 9.17) is 16.3 Å². The maximum Gasteiger partial charge on any atom is 0.414 e. The van der Waals surface area contributed by atoms with Crippen molar-refractivity contribution in [1.29, 1.82) is 0 Å². The molecule has 98 valence electrons. The van der Waals surface area contributed by atoms with E-state index in [1.807, 2.05) is 12.1 Å². The van der Waals surface area contributed by atoms with Gasteiger partial charge in [-0.05, 0) is 23.1 Å². The molecule has 1 saturated heterocycles. The fourth-order valence-electron chi connectivity index (χ4n) is 1.95. The number of anilines is 1. The predicted octanol–water partition coefficient (Wildman–Crippen LogP) is 3.55. The summed E-state index contributed by atoms with van der Waals surface area (Å²) >= 11 is 5.71. The molecule has 3 nitrogen and oxygen atoms in total. The molecule has 1 aliphatic heterocycles. The van der Waals surface area contributed by atoms with Crippen molar-refractivity contribution in [2.45, 2.75) is 32.3 Å². The van der Waals surface area contributed by atoms with Gasteiger partial charge in [-0.2, -0.15) is 0 Å². The molecule has 1 aromatic rings. The first-order valence-electron chi connectivity index (χ1n) is 6.06. The zero-order valence-corrected chi connectivity index (χ0v) is 11.7. The van der Waals surface area contributed by atoms with Gasteiger partial charge in [-0.1, -0.05) is 32.9 Å². The molecular formula is C14H18ClNO2. The Hall–Kier alpha value is -1.22. The van der Waals surface area contributed by atoms with Crippen molar-refractivity contribution in [3.05, 3.63) is 29.8 Å². The fraction of sp³-hybridized carbons (Fsp3) is 0.500. The third kappa shape index (κ3) is 2.61. The number of rotatable bonds is 2. The van der Waals surface area contributed by atoms with E-state index in [2.05, 4.69) is 32.9 Å². The summed E-state index contributed by atoms with van der Waals surface area (Å²) in [6.07, 6.45) is -0.523. The Labute approximate surface area is 113 Å². The lowest BCUT2D eigenvalue weighted by atomic mass is 9.87. The van der Waals surface area contributed by atoms with E-state index in [0.29, 0.717) is 12.4 Å². The van der Waals surface area contributed by atoms with Gasteiger partial charge >= 0.3 is 6.09 Å². The van der Waals surface area contributed by atoms with Crippen molar-refractivity contribution < 1.29 is 9.53 Å². The first-order valence-corrected chi connectivity index (χ1v) is 6.60. The smallest absolute Gasteiger partial charge is 0.414 e. The molecule has 0 aliphatic carbocycles. The molecule has 0 radical (unpaired) electrons. The summed E-state index contributed by atoms with van der Waals surface area (Å²) in [4.78, 5) is 13.3. The van der Waals surface area contributed by atoms with Crippen LogP contribution >= 0.6 is 11.6 Å². The van der Waals surface area contributed by atoms with Gasteiger partial charge in [0.25, 0.3) is 0 Å². The molecule has 1 fully saturated rings. The van der Waals surface area contributed by atoms with Crippen molar-refractivity contribution in [3.63, 3.8) is 0 Å². The van der Waals surface area contributed by atoms with Crippen LogP contribution in [0.3, 0.4) is 0 Å². The minimum absolute atomic E-state index is 0.114. The lowest BCUT2D eigenvalue weighted by Crippen LogP contribution is -2.25. The van der Waals surface area contributed by atoms with Gasteiger partial charge in [0, 0.05) is 5.69 Å². The van der Waals surface area contributed by atoms with E-state index in [-0.39, 0.29) is 17.6 Å². The third-order valence-electron chi connectivity index (χ3n) is 3.09. The first-order chi connectivity index (χ1) is 8.41. The highest BCUT2D eigenvalue weighted by molar-refractivity contribution is 6.18. The standard InChI is InChI=1S/C14H18ClNO2/c1-14(2,3)10-4-6-11(7-5-10)16-9-12(8-15)18-13(16)17/h4-7,12H,8-9H2,1-3H3. The minimum Gasteiger partial charge on any atom is -0.443 e. The van der Waals surface area contributed by atoms with Gasteiger partial charge in [0.15, 0.2) is 0 Å². The molecule has 0 aromatic heterocycles. The number of alkyl halides is 1. The molecule has 1 atom stereocenters. The molecule has 4 heteroatoms. The van der Waals surface area contributed by atoms with Gasteiger partial charge in [0.2, 0.25) is 0 Å². The molecule has 18 heavy (non-hydrogen) atoms. The Morgan fingerprint density at radius 1 is 1.33 bits per heavy atom. The van der Waals surface area contributed by atoms with Crippen molar-refractivity contribution in [1.82, 2.24) is 0 Å². The summed E-state index contributed by atoms with van der Waals surface area (Å²) in [5.41, 5.74) is 2.22. The normalized spacial score (nSPS) is 20.1. The Morgan fingerprint density at radius 3 is 2.39 bits per heavy atom. The van der Waals surface area contributed by atoms with E-state index >= 15 is 0 Å². The van der Waals surface area contributed by atoms with Crippen LogP contribution in [0.4, 0.5) is 10.5 Å². The van der Waals surface area contributed by atoms with Crippen LogP contribution in [-0.2, 0) is 10.2 Å². The molecule has 1 unspecified atom stereocenters. The Bertz CT molecular complexity index is 436. The number of carbonyl (C=O) groups is 1. The maximum absolute atomic E-state index is 11.7. The van der Waals surface area contributed by atoms with Crippen LogP contribution in [0.15, 0.2) is 24.3 Å². The summed E-state index contributed by atoms with van der Waals surface area (Å²) in [5.74, 6) is 0.336. The maximum atomic E-state index is 11.7. The number of ether oxygens (including phenoxy) is 1. The Kier molecular flexibility index (Phi) is 3.53. The SMILES string of the molecule is CC(C)(C)c1ccc(N2CC(CCl)OC2=O)cc1.